The molecule has 21 heavy (non-hydrogen) atoms. The Labute approximate surface area is 128 Å². The normalized spacial score (nSPS) is 11.5. The number of ether oxygens (including phenoxy) is 1. The van der Waals surface area contributed by atoms with E-state index in [1.54, 1.807) is 7.11 Å². The minimum absolute atomic E-state index is 0.171. The van der Waals surface area contributed by atoms with Crippen LogP contribution in [-0.2, 0) is 11.2 Å². The summed E-state index contributed by atoms with van der Waals surface area (Å²) >= 11 is 0. The minimum Gasteiger partial charge on any atom is -0.385 e. The Balaban J connectivity index is 2.68. The topological polar surface area (TPSA) is 59.1 Å². The van der Waals surface area contributed by atoms with E-state index in [0.29, 0.717) is 0 Å². The van der Waals surface area contributed by atoms with Gasteiger partial charge in [0, 0.05) is 39.3 Å². The zero-order valence-corrected chi connectivity index (χ0v) is 14.1. The van der Waals surface area contributed by atoms with Gasteiger partial charge in [0.25, 0.3) is 0 Å². The van der Waals surface area contributed by atoms with Gasteiger partial charge in [0.05, 0.1) is 0 Å². The maximum absolute atomic E-state index is 5.17. The van der Waals surface area contributed by atoms with Crippen molar-refractivity contribution in [3.63, 3.8) is 0 Å². The van der Waals surface area contributed by atoms with Crippen molar-refractivity contribution in [2.75, 3.05) is 37.4 Å². The number of anilines is 2. The van der Waals surface area contributed by atoms with Crippen LogP contribution in [0, 0.1) is 5.41 Å². The summed E-state index contributed by atoms with van der Waals surface area (Å²) < 4.78 is 5.17. The second kappa shape index (κ2) is 8.82. The summed E-state index contributed by atoms with van der Waals surface area (Å²) in [7, 11) is 1.74. The molecule has 0 atom stereocenters. The van der Waals surface area contributed by atoms with Crippen LogP contribution in [0.3, 0.4) is 0 Å². The number of nitrogens with zero attached hydrogens (tertiary/aromatic N) is 2. The number of nitrogens with one attached hydrogen (secondary N) is 2. The fraction of sp³-hybridized carbons (Fsp3) is 0.750. The molecule has 0 amide bonds. The number of hydrogen-bond acceptors (Lipinski definition) is 5. The second-order valence-corrected chi connectivity index (χ2v) is 6.10. The molecular weight excluding hydrogens is 264 g/mol. The molecule has 5 nitrogen and oxygen atoms in total. The summed E-state index contributed by atoms with van der Waals surface area (Å²) in [5.41, 5.74) is 0.171. The van der Waals surface area contributed by atoms with Gasteiger partial charge in [0.2, 0.25) is 0 Å². The highest BCUT2D eigenvalue weighted by Gasteiger charge is 2.17. The molecule has 1 rings (SSSR count). The van der Waals surface area contributed by atoms with Crippen molar-refractivity contribution in [3.8, 4) is 0 Å². The van der Waals surface area contributed by atoms with Crippen LogP contribution in [0.25, 0.3) is 0 Å². The third kappa shape index (κ3) is 6.76. The van der Waals surface area contributed by atoms with Crippen molar-refractivity contribution in [3.05, 3.63) is 11.9 Å². The molecule has 0 spiro atoms. The highest BCUT2D eigenvalue weighted by molar-refractivity contribution is 5.47. The average Bonchev–Trinajstić information content (AvgIpc) is 2.49. The van der Waals surface area contributed by atoms with Gasteiger partial charge < -0.3 is 15.4 Å². The van der Waals surface area contributed by atoms with Gasteiger partial charge >= 0.3 is 0 Å². The second-order valence-electron chi connectivity index (χ2n) is 6.10. The van der Waals surface area contributed by atoms with Crippen LogP contribution >= 0.6 is 0 Å². The lowest BCUT2D eigenvalue weighted by Gasteiger charge is -2.25. The van der Waals surface area contributed by atoms with Crippen molar-refractivity contribution in [1.29, 1.82) is 0 Å². The van der Waals surface area contributed by atoms with Gasteiger partial charge in [-0.3, -0.25) is 0 Å². The molecule has 1 aromatic rings. The largest absolute Gasteiger partial charge is 0.385 e. The van der Waals surface area contributed by atoms with E-state index >= 15 is 0 Å². The highest BCUT2D eigenvalue weighted by atomic mass is 16.5. The molecule has 0 bridgehead atoms. The zero-order chi connectivity index (χ0) is 15.7. The molecule has 0 aliphatic carbocycles. The summed E-state index contributed by atoms with van der Waals surface area (Å²) in [5.74, 6) is 2.67. The first-order chi connectivity index (χ1) is 10.0. The lowest BCUT2D eigenvalue weighted by Crippen LogP contribution is -2.25. The van der Waals surface area contributed by atoms with Gasteiger partial charge in [-0.25, -0.2) is 9.97 Å². The fourth-order valence-electron chi connectivity index (χ4n) is 1.89. The Hall–Kier alpha value is -1.36. The zero-order valence-electron chi connectivity index (χ0n) is 14.1. The molecule has 0 radical (unpaired) electrons. The fourth-order valence-corrected chi connectivity index (χ4v) is 1.89. The van der Waals surface area contributed by atoms with Gasteiger partial charge in [-0.05, 0) is 18.3 Å². The van der Waals surface area contributed by atoms with Crippen molar-refractivity contribution in [2.24, 2.45) is 5.41 Å². The lowest BCUT2D eigenvalue weighted by atomic mass is 9.90. The standard InChI is InChI=1S/C16H30N4O/c1-6-9-17-14-11-15(20-13(7-2)19-14)18-12-16(3,4)8-10-21-5/h11H,6-10,12H2,1-5H3,(H2,17,18,19,20). The number of aryl methyl sites for hydroxylation is 1. The summed E-state index contributed by atoms with van der Waals surface area (Å²) in [5, 5.41) is 6.77. The van der Waals surface area contributed by atoms with Crippen LogP contribution in [-0.4, -0.2) is 36.8 Å². The van der Waals surface area contributed by atoms with E-state index in [-0.39, 0.29) is 5.41 Å². The highest BCUT2D eigenvalue weighted by Crippen LogP contribution is 2.21. The van der Waals surface area contributed by atoms with Crippen LogP contribution in [0.4, 0.5) is 11.6 Å². The summed E-state index contributed by atoms with van der Waals surface area (Å²) in [6, 6.07) is 1.99. The molecule has 0 saturated heterocycles. The molecular formula is C16H30N4O. The minimum atomic E-state index is 0.171. The van der Waals surface area contributed by atoms with Crippen molar-refractivity contribution >= 4 is 11.6 Å². The van der Waals surface area contributed by atoms with Crippen molar-refractivity contribution in [2.45, 2.75) is 47.0 Å². The lowest BCUT2D eigenvalue weighted by molar-refractivity contribution is 0.157. The number of hydrogen-bond donors (Lipinski definition) is 2. The molecule has 0 unspecified atom stereocenters. The quantitative estimate of drug-likeness (QED) is 0.693. The third-order valence-corrected chi connectivity index (χ3v) is 3.38. The first-order valence-electron chi connectivity index (χ1n) is 7.85. The molecule has 0 aliphatic rings. The van der Waals surface area contributed by atoms with Gasteiger partial charge in [0.1, 0.15) is 17.5 Å². The van der Waals surface area contributed by atoms with E-state index in [9.17, 15) is 0 Å². The molecule has 5 heteroatoms. The summed E-state index contributed by atoms with van der Waals surface area (Å²) in [4.78, 5) is 9.05. The van der Waals surface area contributed by atoms with Crippen LogP contribution in [0.15, 0.2) is 6.07 Å². The van der Waals surface area contributed by atoms with Gasteiger partial charge in [0.15, 0.2) is 0 Å². The first kappa shape index (κ1) is 17.7. The predicted octanol–water partition coefficient (Wildman–Crippen LogP) is 3.34. The monoisotopic (exact) mass is 294 g/mol. The number of rotatable bonds is 10. The molecule has 1 heterocycles. The van der Waals surface area contributed by atoms with Crippen molar-refractivity contribution in [1.82, 2.24) is 9.97 Å². The van der Waals surface area contributed by atoms with Crippen LogP contribution in [0.1, 0.15) is 46.4 Å². The number of methoxy groups -OCH3 is 1. The first-order valence-corrected chi connectivity index (χ1v) is 7.85. The predicted molar refractivity (Wildman–Crippen MR) is 89.0 cm³/mol. The van der Waals surface area contributed by atoms with E-state index in [4.69, 9.17) is 4.74 Å². The van der Waals surface area contributed by atoms with E-state index in [0.717, 1.165) is 56.4 Å². The average molecular weight is 294 g/mol. The molecule has 0 aromatic carbocycles. The van der Waals surface area contributed by atoms with E-state index in [1.165, 1.54) is 0 Å². The Kier molecular flexibility index (Phi) is 7.43. The Morgan fingerprint density at radius 2 is 1.81 bits per heavy atom. The Morgan fingerprint density at radius 3 is 2.38 bits per heavy atom. The van der Waals surface area contributed by atoms with E-state index in [2.05, 4.69) is 48.3 Å². The Bertz CT molecular complexity index is 421. The van der Waals surface area contributed by atoms with Gasteiger partial charge in [-0.2, -0.15) is 0 Å². The van der Waals surface area contributed by atoms with Crippen molar-refractivity contribution < 1.29 is 4.74 Å². The van der Waals surface area contributed by atoms with Crippen LogP contribution < -0.4 is 10.6 Å². The molecule has 0 aliphatic heterocycles. The third-order valence-electron chi connectivity index (χ3n) is 3.38. The van der Waals surface area contributed by atoms with Crippen LogP contribution in [0.2, 0.25) is 0 Å². The Morgan fingerprint density at radius 1 is 1.14 bits per heavy atom. The molecule has 1 aromatic heterocycles. The SMILES string of the molecule is CCCNc1cc(NCC(C)(C)CCOC)nc(CC)n1. The molecule has 2 N–H and O–H groups in total. The molecule has 0 fully saturated rings. The maximum Gasteiger partial charge on any atom is 0.132 e. The van der Waals surface area contributed by atoms with Gasteiger partial charge in [-0.1, -0.05) is 27.7 Å². The summed E-state index contributed by atoms with van der Waals surface area (Å²) in [6.07, 6.45) is 2.94. The smallest absolute Gasteiger partial charge is 0.132 e. The van der Waals surface area contributed by atoms with Gasteiger partial charge in [-0.15, -0.1) is 0 Å². The summed E-state index contributed by atoms with van der Waals surface area (Å²) in [6.45, 7) is 11.3. The molecule has 120 valence electrons. The van der Waals surface area contributed by atoms with E-state index in [1.807, 2.05) is 6.07 Å². The number of aromatic nitrogens is 2. The molecule has 0 saturated carbocycles. The van der Waals surface area contributed by atoms with E-state index < -0.39 is 0 Å². The maximum atomic E-state index is 5.17. The van der Waals surface area contributed by atoms with Crippen LogP contribution in [0.5, 0.6) is 0 Å².